The summed E-state index contributed by atoms with van der Waals surface area (Å²) in [6.07, 6.45) is 4.45. The van der Waals surface area contributed by atoms with Crippen molar-refractivity contribution in [2.24, 2.45) is 5.92 Å². The summed E-state index contributed by atoms with van der Waals surface area (Å²) < 4.78 is 0. The van der Waals surface area contributed by atoms with E-state index < -0.39 is 5.97 Å². The van der Waals surface area contributed by atoms with Gasteiger partial charge in [0.25, 0.3) is 0 Å². The molecule has 2 nitrogen and oxygen atoms in total. The van der Waals surface area contributed by atoms with E-state index in [2.05, 4.69) is 39.0 Å². The molecule has 110 valence electrons. The summed E-state index contributed by atoms with van der Waals surface area (Å²) in [5.41, 5.74) is 3.41. The summed E-state index contributed by atoms with van der Waals surface area (Å²) in [4.78, 5) is 11.8. The zero-order valence-corrected chi connectivity index (χ0v) is 13.1. The summed E-state index contributed by atoms with van der Waals surface area (Å²) in [7, 11) is 0. The average molecular weight is 274 g/mol. The van der Waals surface area contributed by atoms with Crippen LogP contribution in [-0.4, -0.2) is 11.1 Å². The Morgan fingerprint density at radius 2 is 1.85 bits per heavy atom. The van der Waals surface area contributed by atoms with Crippen molar-refractivity contribution in [1.82, 2.24) is 0 Å². The van der Waals surface area contributed by atoms with Gasteiger partial charge in [0.15, 0.2) is 0 Å². The minimum Gasteiger partial charge on any atom is -0.481 e. The Kier molecular flexibility index (Phi) is 4.22. The second-order valence-corrected chi connectivity index (χ2v) is 7.18. The first-order valence-corrected chi connectivity index (χ1v) is 7.64. The molecule has 1 N–H and O–H groups in total. The van der Waals surface area contributed by atoms with Crippen LogP contribution in [0.15, 0.2) is 18.2 Å². The topological polar surface area (TPSA) is 37.3 Å². The van der Waals surface area contributed by atoms with Crippen molar-refractivity contribution in [2.75, 3.05) is 0 Å². The number of aryl methyl sites for hydroxylation is 1. The van der Waals surface area contributed by atoms with Crippen LogP contribution in [0, 0.1) is 12.8 Å². The molecule has 1 atom stereocenters. The lowest BCUT2D eigenvalue weighted by atomic mass is 9.79. The van der Waals surface area contributed by atoms with Gasteiger partial charge in [0, 0.05) is 0 Å². The highest BCUT2D eigenvalue weighted by molar-refractivity contribution is 5.77. The SMILES string of the molecule is Cc1ccc(C(C)(C)C)cc1C(C(=O)O)C1CCCC1. The zero-order valence-electron chi connectivity index (χ0n) is 13.1. The maximum atomic E-state index is 11.8. The van der Waals surface area contributed by atoms with Gasteiger partial charge in [-0.1, -0.05) is 51.8 Å². The number of rotatable bonds is 3. The van der Waals surface area contributed by atoms with Crippen molar-refractivity contribution in [3.05, 3.63) is 34.9 Å². The fourth-order valence-corrected chi connectivity index (χ4v) is 3.32. The molecule has 1 saturated carbocycles. The minimum atomic E-state index is -0.661. The summed E-state index contributed by atoms with van der Waals surface area (Å²) in [6, 6.07) is 6.35. The van der Waals surface area contributed by atoms with Crippen molar-refractivity contribution in [1.29, 1.82) is 0 Å². The van der Waals surface area contributed by atoms with Gasteiger partial charge in [-0.05, 0) is 47.8 Å². The second kappa shape index (κ2) is 5.59. The Morgan fingerprint density at radius 1 is 1.25 bits per heavy atom. The monoisotopic (exact) mass is 274 g/mol. The van der Waals surface area contributed by atoms with Crippen LogP contribution < -0.4 is 0 Å². The summed E-state index contributed by atoms with van der Waals surface area (Å²) >= 11 is 0. The van der Waals surface area contributed by atoms with E-state index in [9.17, 15) is 9.90 Å². The highest BCUT2D eigenvalue weighted by Crippen LogP contribution is 2.39. The molecule has 1 aromatic carbocycles. The van der Waals surface area contributed by atoms with E-state index in [0.717, 1.165) is 24.0 Å². The molecule has 0 spiro atoms. The van der Waals surface area contributed by atoms with Gasteiger partial charge in [0.05, 0.1) is 5.92 Å². The number of carboxylic acid groups (broad SMARTS) is 1. The smallest absolute Gasteiger partial charge is 0.311 e. The lowest BCUT2D eigenvalue weighted by molar-refractivity contribution is -0.140. The van der Waals surface area contributed by atoms with Crippen molar-refractivity contribution >= 4 is 5.97 Å². The van der Waals surface area contributed by atoms with E-state index in [1.807, 2.05) is 6.92 Å². The molecule has 1 aromatic rings. The third kappa shape index (κ3) is 3.05. The molecule has 0 heterocycles. The molecule has 0 bridgehead atoms. The first kappa shape index (κ1) is 15.1. The third-order valence-electron chi connectivity index (χ3n) is 4.62. The number of carboxylic acids is 1. The molecule has 0 saturated heterocycles. The number of hydrogen-bond acceptors (Lipinski definition) is 1. The molecule has 2 rings (SSSR count). The van der Waals surface area contributed by atoms with Gasteiger partial charge in [-0.25, -0.2) is 0 Å². The predicted molar refractivity (Wildman–Crippen MR) is 82.2 cm³/mol. The molecule has 1 unspecified atom stereocenters. The normalized spacial score (nSPS) is 18.2. The van der Waals surface area contributed by atoms with Gasteiger partial charge in [-0.15, -0.1) is 0 Å². The Bertz CT molecular complexity index is 491. The molecule has 1 fully saturated rings. The molecule has 1 aliphatic rings. The predicted octanol–water partition coefficient (Wildman–Crippen LogP) is 4.65. The maximum absolute atomic E-state index is 11.8. The van der Waals surface area contributed by atoms with Crippen LogP contribution in [0.5, 0.6) is 0 Å². The first-order valence-electron chi connectivity index (χ1n) is 7.64. The molecular weight excluding hydrogens is 248 g/mol. The van der Waals surface area contributed by atoms with Crippen molar-refractivity contribution in [3.63, 3.8) is 0 Å². The van der Waals surface area contributed by atoms with Crippen LogP contribution in [0.3, 0.4) is 0 Å². The van der Waals surface area contributed by atoms with E-state index in [0.29, 0.717) is 5.92 Å². The zero-order chi connectivity index (χ0) is 14.9. The van der Waals surface area contributed by atoms with Gasteiger partial charge in [-0.2, -0.15) is 0 Å². The van der Waals surface area contributed by atoms with Crippen molar-refractivity contribution < 1.29 is 9.90 Å². The quantitative estimate of drug-likeness (QED) is 0.871. The fourth-order valence-electron chi connectivity index (χ4n) is 3.32. The molecule has 0 aliphatic heterocycles. The van der Waals surface area contributed by atoms with Gasteiger partial charge in [0.2, 0.25) is 0 Å². The summed E-state index contributed by atoms with van der Waals surface area (Å²) in [5.74, 6) is -0.688. The molecule has 0 radical (unpaired) electrons. The van der Waals surface area contributed by atoms with E-state index in [1.54, 1.807) is 0 Å². The molecule has 2 heteroatoms. The lowest BCUT2D eigenvalue weighted by Crippen LogP contribution is -2.22. The molecular formula is C18H26O2. The Morgan fingerprint density at radius 3 is 2.35 bits per heavy atom. The van der Waals surface area contributed by atoms with Crippen LogP contribution in [0.1, 0.15) is 69.1 Å². The van der Waals surface area contributed by atoms with E-state index >= 15 is 0 Å². The molecule has 20 heavy (non-hydrogen) atoms. The van der Waals surface area contributed by atoms with Crippen LogP contribution in [0.4, 0.5) is 0 Å². The summed E-state index contributed by atoms with van der Waals surface area (Å²) in [5, 5.41) is 9.71. The Balaban J connectivity index is 2.44. The third-order valence-corrected chi connectivity index (χ3v) is 4.62. The lowest BCUT2D eigenvalue weighted by Gasteiger charge is -2.25. The van der Waals surface area contributed by atoms with Crippen molar-refractivity contribution in [2.45, 2.75) is 64.7 Å². The molecule has 0 aromatic heterocycles. The van der Waals surface area contributed by atoms with E-state index in [4.69, 9.17) is 0 Å². The number of carbonyl (C=O) groups is 1. The van der Waals surface area contributed by atoms with E-state index in [1.165, 1.54) is 18.4 Å². The standard InChI is InChI=1S/C18H26O2/c1-12-9-10-14(18(2,3)4)11-15(12)16(17(19)20)13-7-5-6-8-13/h9-11,13,16H,5-8H2,1-4H3,(H,19,20). The second-order valence-electron chi connectivity index (χ2n) is 7.18. The molecule has 0 amide bonds. The number of aliphatic carboxylic acids is 1. The minimum absolute atomic E-state index is 0.0567. The van der Waals surface area contributed by atoms with Crippen LogP contribution in [0.2, 0.25) is 0 Å². The van der Waals surface area contributed by atoms with Gasteiger partial charge >= 0.3 is 5.97 Å². The summed E-state index contributed by atoms with van der Waals surface area (Å²) in [6.45, 7) is 8.55. The number of hydrogen-bond donors (Lipinski definition) is 1. The Hall–Kier alpha value is -1.31. The maximum Gasteiger partial charge on any atom is 0.311 e. The van der Waals surface area contributed by atoms with Crippen molar-refractivity contribution in [3.8, 4) is 0 Å². The van der Waals surface area contributed by atoms with Crippen LogP contribution >= 0.6 is 0 Å². The van der Waals surface area contributed by atoms with Crippen LogP contribution in [0.25, 0.3) is 0 Å². The van der Waals surface area contributed by atoms with E-state index in [-0.39, 0.29) is 11.3 Å². The highest BCUT2D eigenvalue weighted by Gasteiger charge is 2.33. The van der Waals surface area contributed by atoms with Gasteiger partial charge in [0.1, 0.15) is 0 Å². The van der Waals surface area contributed by atoms with Crippen LogP contribution in [-0.2, 0) is 10.2 Å². The first-order chi connectivity index (χ1) is 9.30. The number of benzene rings is 1. The highest BCUT2D eigenvalue weighted by atomic mass is 16.4. The largest absolute Gasteiger partial charge is 0.481 e. The molecule has 1 aliphatic carbocycles. The fraction of sp³-hybridized carbons (Fsp3) is 0.611. The van der Waals surface area contributed by atoms with Gasteiger partial charge in [-0.3, -0.25) is 4.79 Å². The van der Waals surface area contributed by atoms with Gasteiger partial charge < -0.3 is 5.11 Å². The Labute approximate surface area is 122 Å². The average Bonchev–Trinajstić information content (AvgIpc) is 2.83.